The minimum Gasteiger partial charge on any atom is -0.481 e. The molecule has 0 unspecified atom stereocenters. The van der Waals surface area contributed by atoms with E-state index in [1.807, 2.05) is 6.92 Å². The van der Waals surface area contributed by atoms with Crippen LogP contribution >= 0.6 is 0 Å². The number of hydrogen-bond acceptors (Lipinski definition) is 5. The Balaban J connectivity index is 2.31. The number of aromatic nitrogens is 2. The average Bonchev–Trinajstić information content (AvgIpc) is 2.41. The fourth-order valence-corrected chi connectivity index (χ4v) is 1.88. The van der Waals surface area contributed by atoms with E-state index in [9.17, 15) is 4.79 Å². The monoisotopic (exact) mass is 273 g/mol. The molecule has 0 amide bonds. The zero-order chi connectivity index (χ0) is 14.7. The van der Waals surface area contributed by atoms with E-state index in [1.165, 1.54) is 6.33 Å². The van der Waals surface area contributed by atoms with E-state index in [4.69, 9.17) is 9.84 Å². The van der Waals surface area contributed by atoms with Crippen molar-refractivity contribution in [3.63, 3.8) is 0 Å². The highest BCUT2D eigenvalue weighted by Gasteiger charge is 2.10. The predicted molar refractivity (Wildman–Crippen MR) is 74.7 cm³/mol. The van der Waals surface area contributed by atoms with Crippen molar-refractivity contribution in [2.75, 3.05) is 12.4 Å². The van der Waals surface area contributed by atoms with E-state index >= 15 is 0 Å². The van der Waals surface area contributed by atoms with Crippen molar-refractivity contribution in [2.24, 2.45) is 0 Å². The fraction of sp³-hybridized carbons (Fsp3) is 0.214. The van der Waals surface area contributed by atoms with Gasteiger partial charge in [-0.15, -0.1) is 0 Å². The van der Waals surface area contributed by atoms with Gasteiger partial charge in [0.15, 0.2) is 0 Å². The third kappa shape index (κ3) is 2.69. The highest BCUT2D eigenvalue weighted by Crippen LogP contribution is 2.24. The van der Waals surface area contributed by atoms with E-state index in [1.54, 1.807) is 32.2 Å². The van der Waals surface area contributed by atoms with E-state index < -0.39 is 5.97 Å². The topological polar surface area (TPSA) is 84.3 Å². The summed E-state index contributed by atoms with van der Waals surface area (Å²) in [5.41, 5.74) is 2.51. The maximum absolute atomic E-state index is 11.0. The Bertz CT molecular complexity index is 656. The van der Waals surface area contributed by atoms with Gasteiger partial charge in [0, 0.05) is 5.69 Å². The minimum atomic E-state index is -0.936. The number of nitrogens with zero attached hydrogens (tertiary/aromatic N) is 2. The number of carbonyl (C=O) groups is 1. The second-order valence-corrected chi connectivity index (χ2v) is 4.32. The number of aromatic carboxylic acids is 1. The van der Waals surface area contributed by atoms with Crippen molar-refractivity contribution in [3.8, 4) is 5.88 Å². The van der Waals surface area contributed by atoms with E-state index in [-0.39, 0.29) is 5.56 Å². The largest absolute Gasteiger partial charge is 0.481 e. The van der Waals surface area contributed by atoms with Crippen LogP contribution in [-0.2, 0) is 0 Å². The summed E-state index contributed by atoms with van der Waals surface area (Å²) < 4.78 is 5.13. The lowest BCUT2D eigenvalue weighted by Crippen LogP contribution is -2.03. The Morgan fingerprint density at radius 3 is 2.65 bits per heavy atom. The minimum absolute atomic E-state index is 0.285. The molecule has 0 saturated heterocycles. The maximum atomic E-state index is 11.0. The van der Waals surface area contributed by atoms with Crippen molar-refractivity contribution in [2.45, 2.75) is 13.8 Å². The third-order valence-electron chi connectivity index (χ3n) is 2.95. The molecule has 6 heteroatoms. The van der Waals surface area contributed by atoms with Crippen LogP contribution in [-0.4, -0.2) is 28.2 Å². The molecule has 1 aromatic carbocycles. The molecule has 2 aromatic rings. The number of anilines is 2. The summed E-state index contributed by atoms with van der Waals surface area (Å²) >= 11 is 0. The Morgan fingerprint density at radius 2 is 2.05 bits per heavy atom. The number of rotatable bonds is 4. The first-order valence-corrected chi connectivity index (χ1v) is 5.99. The van der Waals surface area contributed by atoms with Crippen molar-refractivity contribution in [3.05, 3.63) is 41.2 Å². The maximum Gasteiger partial charge on any atom is 0.335 e. The first kappa shape index (κ1) is 13.8. The van der Waals surface area contributed by atoms with Crippen LogP contribution < -0.4 is 10.1 Å². The normalized spacial score (nSPS) is 10.2. The molecule has 0 radical (unpaired) electrons. The lowest BCUT2D eigenvalue weighted by Gasteiger charge is -2.11. The highest BCUT2D eigenvalue weighted by atomic mass is 16.5. The van der Waals surface area contributed by atoms with Gasteiger partial charge in [0.2, 0.25) is 5.88 Å². The molecule has 1 aromatic heterocycles. The molecule has 2 rings (SSSR count). The summed E-state index contributed by atoms with van der Waals surface area (Å²) in [5.74, 6) is 0.189. The van der Waals surface area contributed by atoms with Crippen LogP contribution in [0.2, 0.25) is 0 Å². The van der Waals surface area contributed by atoms with Gasteiger partial charge >= 0.3 is 5.97 Å². The first-order chi connectivity index (χ1) is 9.52. The van der Waals surface area contributed by atoms with E-state index in [0.29, 0.717) is 17.3 Å². The van der Waals surface area contributed by atoms with Crippen LogP contribution in [0.3, 0.4) is 0 Å². The van der Waals surface area contributed by atoms with Crippen molar-refractivity contribution in [1.82, 2.24) is 9.97 Å². The standard InChI is InChI=1S/C14H15N3O3/c1-8-6-10(4-5-11(8)14(18)19)17-12-9(2)13(20-3)16-7-15-12/h4-7H,1-3H3,(H,18,19)(H,15,16,17). The number of benzene rings is 1. The average molecular weight is 273 g/mol. The quantitative estimate of drug-likeness (QED) is 0.890. The molecule has 0 bridgehead atoms. The van der Waals surface area contributed by atoms with Crippen LogP contribution in [0.1, 0.15) is 21.5 Å². The Kier molecular flexibility index (Phi) is 3.84. The molecule has 2 N–H and O–H groups in total. The summed E-state index contributed by atoms with van der Waals surface area (Å²) in [6.45, 7) is 3.60. The van der Waals surface area contributed by atoms with Gasteiger partial charge in [0.05, 0.1) is 18.2 Å². The van der Waals surface area contributed by atoms with E-state index in [2.05, 4.69) is 15.3 Å². The van der Waals surface area contributed by atoms with Gasteiger partial charge < -0.3 is 15.2 Å². The number of carboxylic acids is 1. The molecule has 6 nitrogen and oxygen atoms in total. The zero-order valence-electron chi connectivity index (χ0n) is 11.5. The summed E-state index contributed by atoms with van der Waals surface area (Å²) in [7, 11) is 1.55. The van der Waals surface area contributed by atoms with Crippen molar-refractivity contribution in [1.29, 1.82) is 0 Å². The molecule has 0 aliphatic carbocycles. The molecule has 20 heavy (non-hydrogen) atoms. The lowest BCUT2D eigenvalue weighted by molar-refractivity contribution is 0.0696. The molecule has 0 saturated carbocycles. The molecule has 0 aliphatic rings. The third-order valence-corrected chi connectivity index (χ3v) is 2.95. The zero-order valence-corrected chi connectivity index (χ0v) is 11.5. The Hall–Kier alpha value is -2.63. The summed E-state index contributed by atoms with van der Waals surface area (Å²) in [6.07, 6.45) is 1.41. The van der Waals surface area contributed by atoms with Crippen LogP contribution in [0.4, 0.5) is 11.5 Å². The molecular formula is C14H15N3O3. The molecule has 1 heterocycles. The number of hydrogen-bond donors (Lipinski definition) is 2. The fourth-order valence-electron chi connectivity index (χ4n) is 1.88. The number of methoxy groups -OCH3 is 1. The highest BCUT2D eigenvalue weighted by molar-refractivity contribution is 5.90. The number of nitrogens with one attached hydrogen (secondary N) is 1. The van der Waals surface area contributed by atoms with Gasteiger partial charge in [-0.2, -0.15) is 0 Å². The molecule has 0 fully saturated rings. The van der Waals surface area contributed by atoms with Crippen molar-refractivity contribution < 1.29 is 14.6 Å². The van der Waals surface area contributed by atoms with Gasteiger partial charge in [-0.3, -0.25) is 0 Å². The summed E-state index contributed by atoms with van der Waals surface area (Å²) in [4.78, 5) is 19.1. The number of ether oxygens (including phenoxy) is 1. The molecular weight excluding hydrogens is 258 g/mol. The second kappa shape index (κ2) is 5.56. The van der Waals surface area contributed by atoms with Gasteiger partial charge in [-0.05, 0) is 37.6 Å². The number of aryl methyl sites for hydroxylation is 1. The Morgan fingerprint density at radius 1 is 1.30 bits per heavy atom. The van der Waals surface area contributed by atoms with Crippen LogP contribution in [0.5, 0.6) is 5.88 Å². The SMILES string of the molecule is COc1ncnc(Nc2ccc(C(=O)O)c(C)c2)c1C. The second-order valence-electron chi connectivity index (χ2n) is 4.32. The first-order valence-electron chi connectivity index (χ1n) is 5.99. The molecule has 0 spiro atoms. The lowest BCUT2D eigenvalue weighted by atomic mass is 10.1. The molecule has 0 aliphatic heterocycles. The van der Waals surface area contributed by atoms with Crippen LogP contribution in [0, 0.1) is 13.8 Å². The van der Waals surface area contributed by atoms with Gasteiger partial charge in [0.25, 0.3) is 0 Å². The predicted octanol–water partition coefficient (Wildman–Crippen LogP) is 2.54. The van der Waals surface area contributed by atoms with Crippen molar-refractivity contribution >= 4 is 17.5 Å². The van der Waals surface area contributed by atoms with Gasteiger partial charge in [0.1, 0.15) is 12.1 Å². The Labute approximate surface area is 116 Å². The molecule has 0 atom stereocenters. The smallest absolute Gasteiger partial charge is 0.335 e. The number of carboxylic acid groups (broad SMARTS) is 1. The summed E-state index contributed by atoms with van der Waals surface area (Å²) in [6, 6.07) is 5.02. The molecule has 104 valence electrons. The van der Waals surface area contributed by atoms with E-state index in [0.717, 1.165) is 11.3 Å². The van der Waals surface area contributed by atoms with Gasteiger partial charge in [-0.1, -0.05) is 0 Å². The summed E-state index contributed by atoms with van der Waals surface area (Å²) in [5, 5.41) is 12.1. The van der Waals surface area contributed by atoms with Gasteiger partial charge in [-0.25, -0.2) is 14.8 Å². The van der Waals surface area contributed by atoms with Crippen LogP contribution in [0.15, 0.2) is 24.5 Å². The van der Waals surface area contributed by atoms with Crippen LogP contribution in [0.25, 0.3) is 0 Å².